The van der Waals surface area contributed by atoms with Gasteiger partial charge in [0.15, 0.2) is 0 Å². The number of carboxylic acid groups (broad SMARTS) is 1. The Hall–Kier alpha value is -3.21. The first-order chi connectivity index (χ1) is 13.2. The molecule has 11 heteroatoms. The van der Waals surface area contributed by atoms with E-state index < -0.39 is 29.9 Å². The molecule has 0 aliphatic rings. The number of carbonyl (C=O) groups is 4. The van der Waals surface area contributed by atoms with E-state index in [1.54, 1.807) is 13.8 Å². The molecule has 0 saturated heterocycles. The molecule has 2 N–H and O–H groups in total. The average Bonchev–Trinajstić information content (AvgIpc) is 3.26. The van der Waals surface area contributed by atoms with Crippen LogP contribution >= 0.6 is 11.3 Å². The molecule has 0 aromatic carbocycles. The minimum atomic E-state index is -1.10. The molecular formula is C17H19N3O7S. The lowest BCUT2D eigenvalue weighted by molar-refractivity contribution is -0.140. The lowest BCUT2D eigenvalue weighted by Crippen LogP contribution is -2.16. The van der Waals surface area contributed by atoms with Gasteiger partial charge in [-0.1, -0.05) is 0 Å². The van der Waals surface area contributed by atoms with E-state index in [0.29, 0.717) is 5.56 Å². The van der Waals surface area contributed by atoms with Gasteiger partial charge in [0.05, 0.1) is 31.0 Å². The summed E-state index contributed by atoms with van der Waals surface area (Å²) in [6, 6.07) is -0.952. The van der Waals surface area contributed by atoms with Gasteiger partial charge in [-0.25, -0.2) is 14.4 Å². The summed E-state index contributed by atoms with van der Waals surface area (Å²) in [5, 5.41) is 15.6. The highest BCUT2D eigenvalue weighted by Gasteiger charge is 2.27. The number of aromatic nitrogens is 2. The fraction of sp³-hybridized carbons (Fsp3) is 0.353. The Labute approximate surface area is 164 Å². The van der Waals surface area contributed by atoms with Crippen molar-refractivity contribution in [2.75, 3.05) is 19.0 Å². The maximum absolute atomic E-state index is 12.5. The van der Waals surface area contributed by atoms with E-state index in [0.717, 1.165) is 16.0 Å². The van der Waals surface area contributed by atoms with Crippen LogP contribution < -0.4 is 5.32 Å². The lowest BCUT2D eigenvalue weighted by Gasteiger charge is -2.06. The number of hydrogen-bond donors (Lipinski definition) is 2. The van der Waals surface area contributed by atoms with Crippen LogP contribution in [0.2, 0.25) is 0 Å². The molecule has 0 aliphatic heterocycles. The average molecular weight is 409 g/mol. The van der Waals surface area contributed by atoms with Crippen LogP contribution in [0.15, 0.2) is 12.4 Å². The maximum atomic E-state index is 12.5. The third-order valence-electron chi connectivity index (χ3n) is 3.84. The SMILES string of the molecule is CCOC(=O)c1sc(NC(=O)c2cnn(C(C)C(=O)O)c2)c(C(=O)OC)c1C. The molecule has 2 heterocycles. The summed E-state index contributed by atoms with van der Waals surface area (Å²) in [6.07, 6.45) is 2.48. The molecular weight excluding hydrogens is 390 g/mol. The number of hydrogen-bond acceptors (Lipinski definition) is 8. The second-order valence-corrected chi connectivity index (χ2v) is 6.67. The second kappa shape index (κ2) is 8.65. The van der Waals surface area contributed by atoms with Gasteiger partial charge >= 0.3 is 17.9 Å². The molecule has 1 unspecified atom stereocenters. The number of anilines is 1. The van der Waals surface area contributed by atoms with Crippen LogP contribution in [0.1, 0.15) is 55.8 Å². The normalized spacial score (nSPS) is 11.6. The van der Waals surface area contributed by atoms with E-state index >= 15 is 0 Å². The fourth-order valence-corrected chi connectivity index (χ4v) is 3.38. The molecule has 28 heavy (non-hydrogen) atoms. The van der Waals surface area contributed by atoms with Crippen molar-refractivity contribution in [2.45, 2.75) is 26.8 Å². The van der Waals surface area contributed by atoms with Crippen LogP contribution in [0, 0.1) is 6.92 Å². The van der Waals surface area contributed by atoms with Crippen LogP contribution in [-0.2, 0) is 14.3 Å². The van der Waals surface area contributed by atoms with E-state index in [2.05, 4.69) is 10.4 Å². The molecule has 2 aromatic heterocycles. The van der Waals surface area contributed by atoms with E-state index in [4.69, 9.17) is 14.6 Å². The summed E-state index contributed by atoms with van der Waals surface area (Å²) in [7, 11) is 1.19. The van der Waals surface area contributed by atoms with Gasteiger partial charge in [-0.2, -0.15) is 5.10 Å². The third kappa shape index (κ3) is 4.19. The van der Waals surface area contributed by atoms with Crippen LogP contribution in [0.3, 0.4) is 0 Å². The zero-order valence-corrected chi connectivity index (χ0v) is 16.5. The van der Waals surface area contributed by atoms with E-state index in [1.807, 2.05) is 0 Å². The van der Waals surface area contributed by atoms with Crippen LogP contribution in [-0.4, -0.2) is 52.4 Å². The number of ether oxygens (including phenoxy) is 2. The Kier molecular flexibility index (Phi) is 6.52. The highest BCUT2D eigenvalue weighted by Crippen LogP contribution is 2.34. The zero-order valence-electron chi connectivity index (χ0n) is 15.6. The molecule has 1 amide bonds. The van der Waals surface area contributed by atoms with Gasteiger partial charge in [-0.15, -0.1) is 11.3 Å². The highest BCUT2D eigenvalue weighted by atomic mass is 32.1. The standard InChI is InChI=1S/C17H19N3O7S/c1-5-27-17(25)12-8(2)11(16(24)26-4)14(28-12)19-13(21)10-6-18-20(7-10)9(3)15(22)23/h6-7,9H,5H2,1-4H3,(H,19,21)(H,22,23). The fourth-order valence-electron chi connectivity index (χ4n) is 2.30. The maximum Gasteiger partial charge on any atom is 0.348 e. The summed E-state index contributed by atoms with van der Waals surface area (Å²) in [4.78, 5) is 48.0. The predicted molar refractivity (Wildman–Crippen MR) is 98.9 cm³/mol. The largest absolute Gasteiger partial charge is 0.480 e. The monoisotopic (exact) mass is 409 g/mol. The molecule has 0 fully saturated rings. The Balaban J connectivity index is 2.35. The van der Waals surface area contributed by atoms with E-state index in [1.165, 1.54) is 26.4 Å². The number of carbonyl (C=O) groups excluding carboxylic acids is 3. The van der Waals surface area contributed by atoms with Gasteiger partial charge in [-0.3, -0.25) is 9.48 Å². The van der Waals surface area contributed by atoms with Gasteiger partial charge in [0.2, 0.25) is 0 Å². The van der Waals surface area contributed by atoms with Crippen molar-refractivity contribution >= 4 is 40.2 Å². The van der Waals surface area contributed by atoms with Crippen LogP contribution in [0.5, 0.6) is 0 Å². The molecule has 1 atom stereocenters. The number of carboxylic acids is 1. The van der Waals surface area contributed by atoms with Gasteiger partial charge in [-0.05, 0) is 26.3 Å². The molecule has 0 spiro atoms. The summed E-state index contributed by atoms with van der Waals surface area (Å²) in [5.41, 5.74) is 0.476. The van der Waals surface area contributed by atoms with Crippen LogP contribution in [0.4, 0.5) is 5.00 Å². The van der Waals surface area contributed by atoms with Gasteiger partial charge in [0, 0.05) is 6.20 Å². The number of nitrogens with one attached hydrogen (secondary N) is 1. The summed E-state index contributed by atoms with van der Waals surface area (Å²) >= 11 is 0.890. The highest BCUT2D eigenvalue weighted by molar-refractivity contribution is 7.18. The zero-order chi connectivity index (χ0) is 21.0. The number of methoxy groups -OCH3 is 1. The molecule has 2 rings (SSSR count). The quantitative estimate of drug-likeness (QED) is 0.664. The van der Waals surface area contributed by atoms with Gasteiger partial charge in [0.25, 0.3) is 5.91 Å². The molecule has 2 aromatic rings. The summed E-state index contributed by atoms with van der Waals surface area (Å²) in [6.45, 7) is 4.78. The molecule has 10 nitrogen and oxygen atoms in total. The minimum absolute atomic E-state index is 0.0511. The summed E-state index contributed by atoms with van der Waals surface area (Å²) < 4.78 is 10.8. The number of aliphatic carboxylic acids is 1. The third-order valence-corrected chi connectivity index (χ3v) is 5.03. The smallest absolute Gasteiger partial charge is 0.348 e. The van der Waals surface area contributed by atoms with E-state index in [9.17, 15) is 19.2 Å². The molecule has 0 bridgehead atoms. The van der Waals surface area contributed by atoms with Gasteiger partial charge < -0.3 is 19.9 Å². The minimum Gasteiger partial charge on any atom is -0.480 e. The number of amides is 1. The van der Waals surface area contributed by atoms with Crippen molar-refractivity contribution in [2.24, 2.45) is 0 Å². The molecule has 150 valence electrons. The Morgan fingerprint density at radius 3 is 2.57 bits per heavy atom. The van der Waals surface area contributed by atoms with E-state index in [-0.39, 0.29) is 27.6 Å². The van der Waals surface area contributed by atoms with Crippen molar-refractivity contribution in [1.82, 2.24) is 9.78 Å². The van der Waals surface area contributed by atoms with Crippen molar-refractivity contribution in [3.8, 4) is 0 Å². The number of nitrogens with zero attached hydrogens (tertiary/aromatic N) is 2. The van der Waals surface area contributed by atoms with Crippen molar-refractivity contribution in [1.29, 1.82) is 0 Å². The molecule has 0 aliphatic carbocycles. The van der Waals surface area contributed by atoms with Crippen molar-refractivity contribution in [3.05, 3.63) is 34.0 Å². The van der Waals surface area contributed by atoms with Crippen LogP contribution in [0.25, 0.3) is 0 Å². The Morgan fingerprint density at radius 1 is 1.32 bits per heavy atom. The lowest BCUT2D eigenvalue weighted by atomic mass is 10.1. The summed E-state index contributed by atoms with van der Waals surface area (Å²) in [5.74, 6) is -3.05. The second-order valence-electron chi connectivity index (χ2n) is 5.65. The topological polar surface area (TPSA) is 137 Å². The Morgan fingerprint density at radius 2 is 2.00 bits per heavy atom. The van der Waals surface area contributed by atoms with Gasteiger partial charge in [0.1, 0.15) is 15.9 Å². The molecule has 0 saturated carbocycles. The Bertz CT molecular complexity index is 931. The van der Waals surface area contributed by atoms with Crippen molar-refractivity contribution in [3.63, 3.8) is 0 Å². The molecule has 0 radical (unpaired) electrons. The number of esters is 2. The first kappa shape index (κ1) is 21.1. The number of rotatable bonds is 7. The van der Waals surface area contributed by atoms with Crippen molar-refractivity contribution < 1.29 is 33.8 Å². The first-order valence-corrected chi connectivity index (χ1v) is 9.00. The predicted octanol–water partition coefficient (Wildman–Crippen LogP) is 2.11. The number of thiophene rings is 1. The first-order valence-electron chi connectivity index (χ1n) is 8.18.